The van der Waals surface area contributed by atoms with Crippen LogP contribution in [-0.2, 0) is 18.4 Å². The largest absolute Gasteiger partial charge is 0.480 e. The Labute approximate surface area is 106 Å². The maximum Gasteiger partial charge on any atom is 0.367 e. The van der Waals surface area contributed by atoms with Crippen LogP contribution in [-0.4, -0.2) is 35.7 Å². The molecule has 0 saturated carbocycles. The third kappa shape index (κ3) is 4.02. The molecular weight excluding hydrogens is 264 g/mol. The molecule has 0 saturated heterocycles. The Morgan fingerprint density at radius 1 is 1.39 bits per heavy atom. The van der Waals surface area contributed by atoms with E-state index < -0.39 is 31.4 Å². The van der Waals surface area contributed by atoms with Crippen LogP contribution in [0.15, 0.2) is 0 Å². The second-order valence-corrected chi connectivity index (χ2v) is 6.07. The van der Waals surface area contributed by atoms with E-state index in [0.717, 1.165) is 0 Å². The molecule has 0 aromatic rings. The molecule has 0 fully saturated rings. The molecule has 18 heavy (non-hydrogen) atoms. The molecule has 0 aliphatic carbocycles. The first kappa shape index (κ1) is 17.5. The fourth-order valence-corrected chi connectivity index (χ4v) is 3.51. The number of nitrogens with two attached hydrogens (primary N) is 1. The molecule has 0 aromatic heterocycles. The van der Waals surface area contributed by atoms with Gasteiger partial charge < -0.3 is 19.9 Å². The highest BCUT2D eigenvalue weighted by Gasteiger charge is 2.52. The average Bonchev–Trinajstić information content (AvgIpc) is 2.29. The molecule has 0 rings (SSSR count). The molecule has 8 heteroatoms. The maximum atomic E-state index is 14.7. The molecule has 0 heterocycles. The molecule has 108 valence electrons. The van der Waals surface area contributed by atoms with Crippen molar-refractivity contribution in [3.63, 3.8) is 0 Å². The van der Waals surface area contributed by atoms with E-state index in [2.05, 4.69) is 0 Å². The van der Waals surface area contributed by atoms with E-state index in [1.165, 1.54) is 6.92 Å². The lowest BCUT2D eigenvalue weighted by Crippen LogP contribution is -2.39. The van der Waals surface area contributed by atoms with E-state index >= 15 is 0 Å². The second kappa shape index (κ2) is 7.19. The van der Waals surface area contributed by atoms with Crippen LogP contribution >= 0.6 is 7.60 Å². The van der Waals surface area contributed by atoms with Crippen LogP contribution in [0.3, 0.4) is 0 Å². The Morgan fingerprint density at radius 2 is 1.83 bits per heavy atom. The van der Waals surface area contributed by atoms with Gasteiger partial charge in [-0.05, 0) is 20.3 Å². The zero-order valence-corrected chi connectivity index (χ0v) is 11.8. The van der Waals surface area contributed by atoms with Gasteiger partial charge >= 0.3 is 13.6 Å². The number of rotatable bonds is 9. The summed E-state index contributed by atoms with van der Waals surface area (Å²) in [5, 5.41) is 6.31. The number of carboxylic acid groups (broad SMARTS) is 1. The first-order chi connectivity index (χ1) is 8.26. The minimum Gasteiger partial charge on any atom is -0.480 e. The van der Waals surface area contributed by atoms with Crippen molar-refractivity contribution in [1.29, 1.82) is 0 Å². The highest BCUT2D eigenvalue weighted by Crippen LogP contribution is 2.64. The number of halogens is 1. The molecule has 0 bridgehead atoms. The van der Waals surface area contributed by atoms with Gasteiger partial charge in [-0.2, -0.15) is 0 Å². The highest BCUT2D eigenvalue weighted by atomic mass is 31.2. The number of hydrogen-bond acceptors (Lipinski definition) is 5. The van der Waals surface area contributed by atoms with E-state index in [1.807, 2.05) is 0 Å². The third-order valence-electron chi connectivity index (χ3n) is 2.48. The zero-order chi connectivity index (χ0) is 14.4. The lowest BCUT2D eigenvalue weighted by Gasteiger charge is -2.32. The Balaban J connectivity index is 5.19. The van der Waals surface area contributed by atoms with Gasteiger partial charge in [0.05, 0.1) is 13.2 Å². The van der Waals surface area contributed by atoms with Gasteiger partial charge in [0.2, 0.25) is 5.41 Å². The molecule has 0 unspecified atom stereocenters. The van der Waals surface area contributed by atoms with Crippen molar-refractivity contribution in [2.45, 2.75) is 45.1 Å². The molecule has 3 N–H and O–H groups in total. The minimum absolute atomic E-state index is 0.00522. The topological polar surface area (TPSA) is 98.9 Å². The Kier molecular flexibility index (Phi) is 6.99. The summed E-state index contributed by atoms with van der Waals surface area (Å²) in [6.07, 6.45) is -0.818. The smallest absolute Gasteiger partial charge is 0.367 e. The fraction of sp³-hybridized carbons (Fsp3) is 0.900. The Morgan fingerprint density at radius 3 is 2.11 bits per heavy atom. The van der Waals surface area contributed by atoms with Crippen molar-refractivity contribution in [1.82, 2.24) is 0 Å². The van der Waals surface area contributed by atoms with Crippen LogP contribution in [0.2, 0.25) is 0 Å². The molecule has 0 radical (unpaired) electrons. The summed E-state index contributed by atoms with van der Waals surface area (Å²) in [6.45, 7) is 4.56. The van der Waals surface area contributed by atoms with Gasteiger partial charge in [0.25, 0.3) is 0 Å². The standard InChI is InChI=1S/C10H21FNO5P/c1-4-10(11,7-8(12)9(13)14)18(15,16-5-2)17-6-3/h8H,4-7,12H2,1-3H3,(H,13,14)/t8-,10+/m0/s1. The van der Waals surface area contributed by atoms with Crippen LogP contribution < -0.4 is 5.73 Å². The average molecular weight is 285 g/mol. The molecule has 6 nitrogen and oxygen atoms in total. The number of alkyl halides is 1. The summed E-state index contributed by atoms with van der Waals surface area (Å²) in [7, 11) is -4.04. The second-order valence-electron chi connectivity index (χ2n) is 3.75. The summed E-state index contributed by atoms with van der Waals surface area (Å²) < 4.78 is 36.9. The predicted octanol–water partition coefficient (Wildman–Crippen LogP) is 2.13. The minimum atomic E-state index is -4.04. The third-order valence-corrected chi connectivity index (χ3v) is 5.16. The number of hydrogen-bond donors (Lipinski definition) is 2. The van der Waals surface area contributed by atoms with E-state index in [1.54, 1.807) is 13.8 Å². The molecule has 2 atom stereocenters. The van der Waals surface area contributed by atoms with Crippen LogP contribution in [0.25, 0.3) is 0 Å². The van der Waals surface area contributed by atoms with Crippen LogP contribution in [0.4, 0.5) is 4.39 Å². The van der Waals surface area contributed by atoms with Gasteiger partial charge in [-0.15, -0.1) is 0 Å². The fourth-order valence-electron chi connectivity index (χ4n) is 1.48. The predicted molar refractivity (Wildman–Crippen MR) is 65.2 cm³/mol. The zero-order valence-electron chi connectivity index (χ0n) is 10.9. The summed E-state index contributed by atoms with van der Waals surface area (Å²) >= 11 is 0. The van der Waals surface area contributed by atoms with E-state index in [9.17, 15) is 13.8 Å². The van der Waals surface area contributed by atoms with Gasteiger partial charge in [0.15, 0.2) is 0 Å². The van der Waals surface area contributed by atoms with Gasteiger partial charge in [-0.3, -0.25) is 9.36 Å². The van der Waals surface area contributed by atoms with Crippen LogP contribution in [0, 0.1) is 0 Å². The lowest BCUT2D eigenvalue weighted by atomic mass is 10.1. The molecule has 0 aliphatic rings. The lowest BCUT2D eigenvalue weighted by molar-refractivity contribution is -0.139. The highest BCUT2D eigenvalue weighted by molar-refractivity contribution is 7.55. The van der Waals surface area contributed by atoms with Gasteiger partial charge in [-0.25, -0.2) is 4.39 Å². The normalized spacial score (nSPS) is 17.2. The molecule has 0 aromatic carbocycles. The Hall–Kier alpha value is -0.490. The molecule has 0 spiro atoms. The molecule has 0 amide bonds. The van der Waals surface area contributed by atoms with Gasteiger partial charge in [0, 0.05) is 6.42 Å². The van der Waals surface area contributed by atoms with Crippen molar-refractivity contribution < 1.29 is 27.9 Å². The summed E-state index contributed by atoms with van der Waals surface area (Å²) in [5.41, 5.74) is 5.30. The van der Waals surface area contributed by atoms with Crippen molar-refractivity contribution in [2.75, 3.05) is 13.2 Å². The molecular formula is C10H21FNO5P. The number of carbonyl (C=O) groups is 1. The Bertz CT molecular complexity index is 317. The SMILES string of the molecule is CCOP(=O)(OCC)[C@](F)(CC)C[C@H](N)C(=O)O. The first-order valence-electron chi connectivity index (χ1n) is 5.82. The number of aliphatic carboxylic acids is 1. The van der Waals surface area contributed by atoms with Crippen molar-refractivity contribution in [3.05, 3.63) is 0 Å². The summed E-state index contributed by atoms with van der Waals surface area (Å²) in [6, 6.07) is -1.45. The quantitative estimate of drug-likeness (QED) is 0.630. The monoisotopic (exact) mass is 285 g/mol. The van der Waals surface area contributed by atoms with Crippen molar-refractivity contribution in [2.24, 2.45) is 5.73 Å². The summed E-state index contributed by atoms with van der Waals surface area (Å²) in [5.74, 6) is -1.36. The van der Waals surface area contributed by atoms with E-state index in [-0.39, 0.29) is 19.6 Å². The number of carboxylic acids is 1. The maximum absolute atomic E-state index is 14.7. The van der Waals surface area contributed by atoms with Gasteiger partial charge in [0.1, 0.15) is 6.04 Å². The molecule has 0 aliphatic heterocycles. The van der Waals surface area contributed by atoms with Crippen molar-refractivity contribution >= 4 is 13.6 Å². The van der Waals surface area contributed by atoms with E-state index in [4.69, 9.17) is 19.9 Å². The summed E-state index contributed by atoms with van der Waals surface area (Å²) in [4.78, 5) is 10.7. The van der Waals surface area contributed by atoms with Crippen LogP contribution in [0.1, 0.15) is 33.6 Å². The first-order valence-corrected chi connectivity index (χ1v) is 7.37. The van der Waals surface area contributed by atoms with Gasteiger partial charge in [-0.1, -0.05) is 6.92 Å². The van der Waals surface area contributed by atoms with Crippen LogP contribution in [0.5, 0.6) is 0 Å². The van der Waals surface area contributed by atoms with Crippen molar-refractivity contribution in [3.8, 4) is 0 Å². The van der Waals surface area contributed by atoms with E-state index in [0.29, 0.717) is 0 Å².